The molecule has 1 amide bonds. The molecule has 0 aliphatic carbocycles. The summed E-state index contributed by atoms with van der Waals surface area (Å²) in [6.45, 7) is 1.67. The van der Waals surface area contributed by atoms with Gasteiger partial charge < -0.3 is 9.42 Å². The molecular weight excluding hydrogens is 297 g/mol. The average molecular weight is 317 g/mol. The summed E-state index contributed by atoms with van der Waals surface area (Å²) >= 11 is 0. The third-order valence-electron chi connectivity index (χ3n) is 4.09. The second-order valence-electron chi connectivity index (χ2n) is 5.79. The summed E-state index contributed by atoms with van der Waals surface area (Å²) < 4.78 is 18.8. The molecule has 1 aliphatic heterocycles. The van der Waals surface area contributed by atoms with Crippen molar-refractivity contribution in [2.24, 2.45) is 0 Å². The molecule has 0 radical (unpaired) electrons. The van der Waals surface area contributed by atoms with E-state index in [1.165, 1.54) is 18.9 Å². The van der Waals surface area contributed by atoms with Crippen LogP contribution in [0.15, 0.2) is 28.8 Å². The van der Waals surface area contributed by atoms with Gasteiger partial charge >= 0.3 is 0 Å². The van der Waals surface area contributed by atoms with Crippen LogP contribution in [0.4, 0.5) is 4.39 Å². The molecule has 0 unspecified atom stereocenters. The molecule has 1 fully saturated rings. The number of carbonyl (C=O) groups is 1. The molecule has 1 aromatic carbocycles. The number of nitrogens with zero attached hydrogens (tertiary/aromatic N) is 3. The molecule has 1 saturated heterocycles. The predicted molar refractivity (Wildman–Crippen MR) is 83.1 cm³/mol. The minimum atomic E-state index is -0.388. The lowest BCUT2D eigenvalue weighted by molar-refractivity contribution is -0.131. The Kier molecular flexibility index (Phi) is 5.00. The average Bonchev–Trinajstić information content (AvgIpc) is 2.86. The maximum atomic E-state index is 13.7. The quantitative estimate of drug-likeness (QED) is 0.869. The first kappa shape index (κ1) is 15.6. The van der Waals surface area contributed by atoms with Crippen LogP contribution in [0.2, 0.25) is 0 Å². The lowest BCUT2D eigenvalue weighted by atomic mass is 10.2. The minimum Gasteiger partial charge on any atom is -0.343 e. The number of rotatable bonds is 4. The molecule has 0 spiro atoms. The fraction of sp³-hybridized carbons (Fsp3) is 0.471. The van der Waals surface area contributed by atoms with Crippen LogP contribution in [0.3, 0.4) is 0 Å². The Labute approximate surface area is 134 Å². The zero-order valence-corrected chi connectivity index (χ0v) is 13.0. The molecule has 5 nitrogen and oxygen atoms in total. The monoisotopic (exact) mass is 317 g/mol. The van der Waals surface area contributed by atoms with E-state index in [4.69, 9.17) is 4.52 Å². The summed E-state index contributed by atoms with van der Waals surface area (Å²) in [7, 11) is 0. The van der Waals surface area contributed by atoms with E-state index in [0.717, 1.165) is 25.9 Å². The number of halogens is 1. The topological polar surface area (TPSA) is 59.2 Å². The first-order chi connectivity index (χ1) is 11.2. The van der Waals surface area contributed by atoms with Gasteiger partial charge in [-0.15, -0.1) is 0 Å². The Balaban J connectivity index is 1.59. The first-order valence-electron chi connectivity index (χ1n) is 8.09. The molecule has 2 heterocycles. The Hall–Kier alpha value is -2.24. The Morgan fingerprint density at radius 1 is 1.17 bits per heavy atom. The van der Waals surface area contributed by atoms with Crippen molar-refractivity contribution in [2.75, 3.05) is 13.1 Å². The fourth-order valence-electron chi connectivity index (χ4n) is 2.80. The number of aromatic nitrogens is 2. The smallest absolute Gasteiger partial charge is 0.227 e. The van der Waals surface area contributed by atoms with Crippen molar-refractivity contribution in [3.63, 3.8) is 0 Å². The second kappa shape index (κ2) is 7.35. The van der Waals surface area contributed by atoms with Crippen LogP contribution in [0, 0.1) is 5.82 Å². The molecule has 23 heavy (non-hydrogen) atoms. The fourth-order valence-corrected chi connectivity index (χ4v) is 2.80. The van der Waals surface area contributed by atoms with Gasteiger partial charge in [-0.05, 0) is 25.0 Å². The predicted octanol–water partition coefficient (Wildman–Crippen LogP) is 3.21. The normalized spacial score (nSPS) is 15.4. The summed E-state index contributed by atoms with van der Waals surface area (Å²) in [5, 5.41) is 3.80. The van der Waals surface area contributed by atoms with Crippen molar-refractivity contribution >= 4 is 5.91 Å². The van der Waals surface area contributed by atoms with Crippen LogP contribution < -0.4 is 0 Å². The number of benzene rings is 1. The van der Waals surface area contributed by atoms with Gasteiger partial charge in [0, 0.05) is 25.9 Å². The Bertz CT molecular complexity index is 663. The van der Waals surface area contributed by atoms with Crippen molar-refractivity contribution in [1.29, 1.82) is 0 Å². The Morgan fingerprint density at radius 3 is 2.65 bits per heavy atom. The largest absolute Gasteiger partial charge is 0.343 e. The van der Waals surface area contributed by atoms with Crippen molar-refractivity contribution in [1.82, 2.24) is 15.0 Å². The lowest BCUT2D eigenvalue weighted by Gasteiger charge is -2.19. The molecule has 0 saturated carbocycles. The van der Waals surface area contributed by atoms with Crippen LogP contribution in [-0.4, -0.2) is 34.0 Å². The molecule has 1 aliphatic rings. The summed E-state index contributed by atoms with van der Waals surface area (Å²) in [5.74, 6) is 0.324. The third kappa shape index (κ3) is 3.94. The van der Waals surface area contributed by atoms with Gasteiger partial charge in [-0.1, -0.05) is 30.1 Å². The zero-order chi connectivity index (χ0) is 16.1. The van der Waals surface area contributed by atoms with E-state index in [-0.39, 0.29) is 17.5 Å². The van der Waals surface area contributed by atoms with Gasteiger partial charge in [0.25, 0.3) is 0 Å². The molecule has 3 rings (SSSR count). The van der Waals surface area contributed by atoms with Crippen LogP contribution in [-0.2, 0) is 11.2 Å². The molecule has 6 heteroatoms. The summed E-state index contributed by atoms with van der Waals surface area (Å²) in [6, 6.07) is 6.29. The first-order valence-corrected chi connectivity index (χ1v) is 8.09. The molecule has 122 valence electrons. The highest BCUT2D eigenvalue weighted by Crippen LogP contribution is 2.19. The van der Waals surface area contributed by atoms with Crippen LogP contribution in [0.25, 0.3) is 11.4 Å². The van der Waals surface area contributed by atoms with Gasteiger partial charge in [-0.25, -0.2) is 4.39 Å². The summed E-state index contributed by atoms with van der Waals surface area (Å²) in [4.78, 5) is 18.3. The van der Waals surface area contributed by atoms with Gasteiger partial charge in [0.15, 0.2) is 0 Å². The van der Waals surface area contributed by atoms with E-state index in [0.29, 0.717) is 24.3 Å². The second-order valence-corrected chi connectivity index (χ2v) is 5.79. The van der Waals surface area contributed by atoms with E-state index in [1.54, 1.807) is 18.2 Å². The highest BCUT2D eigenvalue weighted by Gasteiger charge is 2.17. The van der Waals surface area contributed by atoms with Gasteiger partial charge in [-0.3, -0.25) is 4.79 Å². The van der Waals surface area contributed by atoms with Crippen molar-refractivity contribution in [3.8, 4) is 11.4 Å². The molecule has 0 bridgehead atoms. The van der Waals surface area contributed by atoms with Gasteiger partial charge in [0.05, 0.1) is 5.56 Å². The maximum absolute atomic E-state index is 13.7. The van der Waals surface area contributed by atoms with E-state index in [9.17, 15) is 9.18 Å². The summed E-state index contributed by atoms with van der Waals surface area (Å²) in [6.07, 6.45) is 5.27. The Morgan fingerprint density at radius 2 is 1.91 bits per heavy atom. The van der Waals surface area contributed by atoms with Crippen LogP contribution in [0.5, 0.6) is 0 Å². The van der Waals surface area contributed by atoms with Gasteiger partial charge in [0.1, 0.15) is 5.82 Å². The summed E-state index contributed by atoms with van der Waals surface area (Å²) in [5.41, 5.74) is 0.307. The molecule has 0 atom stereocenters. The number of hydrogen-bond donors (Lipinski definition) is 0. The maximum Gasteiger partial charge on any atom is 0.227 e. The number of amides is 1. The van der Waals surface area contributed by atoms with Crippen molar-refractivity contribution in [2.45, 2.75) is 38.5 Å². The van der Waals surface area contributed by atoms with E-state index < -0.39 is 0 Å². The number of hydrogen-bond acceptors (Lipinski definition) is 4. The van der Waals surface area contributed by atoms with Crippen molar-refractivity contribution < 1.29 is 13.7 Å². The molecule has 1 aromatic heterocycles. The molecule has 0 N–H and O–H groups in total. The van der Waals surface area contributed by atoms with Crippen LogP contribution >= 0.6 is 0 Å². The lowest BCUT2D eigenvalue weighted by Crippen LogP contribution is -2.31. The van der Waals surface area contributed by atoms with E-state index in [2.05, 4.69) is 10.1 Å². The van der Waals surface area contributed by atoms with Crippen molar-refractivity contribution in [3.05, 3.63) is 36.0 Å². The van der Waals surface area contributed by atoms with Gasteiger partial charge in [-0.2, -0.15) is 4.98 Å². The third-order valence-corrected chi connectivity index (χ3v) is 4.09. The van der Waals surface area contributed by atoms with E-state index >= 15 is 0 Å². The minimum absolute atomic E-state index is 0.123. The standard InChI is InChI=1S/C17H20FN3O2/c18-14-8-4-3-7-13(14)17-19-15(23-20-17)9-10-16(22)21-11-5-1-2-6-12-21/h3-4,7-8H,1-2,5-6,9-12H2. The van der Waals surface area contributed by atoms with E-state index in [1.807, 2.05) is 4.90 Å². The highest BCUT2D eigenvalue weighted by molar-refractivity contribution is 5.76. The number of aryl methyl sites for hydroxylation is 1. The SMILES string of the molecule is O=C(CCc1nc(-c2ccccc2F)no1)N1CCCCCC1. The zero-order valence-electron chi connectivity index (χ0n) is 13.0. The van der Waals surface area contributed by atoms with Crippen LogP contribution in [0.1, 0.15) is 38.0 Å². The molecule has 2 aromatic rings. The molecular formula is C17H20FN3O2. The van der Waals surface area contributed by atoms with Gasteiger partial charge in [0.2, 0.25) is 17.6 Å². The highest BCUT2D eigenvalue weighted by atomic mass is 19.1. The number of carbonyl (C=O) groups excluding carboxylic acids is 1. The number of likely N-dealkylation sites (tertiary alicyclic amines) is 1.